The lowest BCUT2D eigenvalue weighted by Gasteiger charge is -2.37. The molecular weight excluding hydrogens is 288 g/mol. The maximum absolute atomic E-state index is 6.32. The van der Waals surface area contributed by atoms with Crippen molar-refractivity contribution in [3.63, 3.8) is 0 Å². The molecule has 2 atom stereocenters. The van der Waals surface area contributed by atoms with Crippen molar-refractivity contribution in [2.24, 2.45) is 7.05 Å². The molecule has 5 heteroatoms. The number of hydrogen-bond acceptors (Lipinski definition) is 4. The fourth-order valence-electron chi connectivity index (χ4n) is 3.73. The van der Waals surface area contributed by atoms with Crippen molar-refractivity contribution in [3.05, 3.63) is 47.2 Å². The number of nitrogens with one attached hydrogen (secondary N) is 1. The van der Waals surface area contributed by atoms with Gasteiger partial charge in [-0.25, -0.2) is 4.68 Å². The zero-order valence-corrected chi connectivity index (χ0v) is 13.8. The van der Waals surface area contributed by atoms with E-state index < -0.39 is 0 Å². The fraction of sp³-hybridized carbons (Fsp3) is 0.500. The molecule has 1 saturated heterocycles. The smallest absolute Gasteiger partial charge is 0.216 e. The van der Waals surface area contributed by atoms with Crippen LogP contribution in [0.1, 0.15) is 23.2 Å². The molecule has 1 aromatic carbocycles. The Kier molecular flexibility index (Phi) is 3.83. The second-order valence-corrected chi connectivity index (χ2v) is 6.65. The Morgan fingerprint density at radius 2 is 2.13 bits per heavy atom. The second-order valence-electron chi connectivity index (χ2n) is 6.65. The number of ether oxygens (including phenoxy) is 1. The van der Waals surface area contributed by atoms with Crippen LogP contribution in [-0.4, -0.2) is 39.9 Å². The molecular formula is C18H24N4O. The monoisotopic (exact) mass is 312 g/mol. The van der Waals surface area contributed by atoms with Gasteiger partial charge < -0.3 is 10.1 Å². The summed E-state index contributed by atoms with van der Waals surface area (Å²) in [4.78, 5) is 2.52. The third-order valence-electron chi connectivity index (χ3n) is 4.98. The van der Waals surface area contributed by atoms with Crippen molar-refractivity contribution >= 4 is 0 Å². The summed E-state index contributed by atoms with van der Waals surface area (Å²) in [5.74, 6) is 0.944. The number of benzene rings is 1. The van der Waals surface area contributed by atoms with Gasteiger partial charge in [0.05, 0.1) is 17.3 Å². The maximum atomic E-state index is 6.32. The summed E-state index contributed by atoms with van der Waals surface area (Å²) < 4.78 is 8.20. The molecule has 0 spiro atoms. The van der Waals surface area contributed by atoms with Crippen LogP contribution in [0.5, 0.6) is 5.88 Å². The largest absolute Gasteiger partial charge is 0.473 e. The summed E-state index contributed by atoms with van der Waals surface area (Å²) in [6, 6.07) is 11.1. The van der Waals surface area contributed by atoms with Crippen molar-refractivity contribution in [2.75, 3.05) is 13.1 Å². The number of hydrogen-bond donors (Lipinski definition) is 1. The zero-order valence-electron chi connectivity index (χ0n) is 13.8. The zero-order chi connectivity index (χ0) is 15.8. The van der Waals surface area contributed by atoms with E-state index in [0.717, 1.165) is 44.2 Å². The SMILES string of the molecule is Cc1nn(C)c2c1CNC1CN(Cc3ccccc3)CC[C@H]1O2. The molecule has 1 N–H and O–H groups in total. The van der Waals surface area contributed by atoms with Crippen molar-refractivity contribution in [1.82, 2.24) is 20.0 Å². The summed E-state index contributed by atoms with van der Waals surface area (Å²) in [7, 11) is 1.97. The third kappa shape index (κ3) is 2.86. The highest BCUT2D eigenvalue weighted by atomic mass is 16.5. The van der Waals surface area contributed by atoms with Gasteiger partial charge in [0.1, 0.15) is 6.10 Å². The van der Waals surface area contributed by atoms with Gasteiger partial charge in [0.25, 0.3) is 0 Å². The number of aryl methyl sites for hydroxylation is 2. The van der Waals surface area contributed by atoms with Crippen molar-refractivity contribution in [3.8, 4) is 5.88 Å². The van der Waals surface area contributed by atoms with Crippen LogP contribution in [0.25, 0.3) is 0 Å². The number of likely N-dealkylation sites (tertiary alicyclic amines) is 1. The van der Waals surface area contributed by atoms with E-state index in [0.29, 0.717) is 6.04 Å². The maximum Gasteiger partial charge on any atom is 0.216 e. The van der Waals surface area contributed by atoms with Crippen LogP contribution in [0.15, 0.2) is 30.3 Å². The van der Waals surface area contributed by atoms with Gasteiger partial charge in [-0.1, -0.05) is 30.3 Å². The first-order valence-corrected chi connectivity index (χ1v) is 8.39. The lowest BCUT2D eigenvalue weighted by molar-refractivity contribution is 0.0611. The molecule has 1 aromatic heterocycles. The molecule has 0 amide bonds. The van der Waals surface area contributed by atoms with E-state index in [2.05, 4.69) is 52.6 Å². The van der Waals surface area contributed by atoms with Gasteiger partial charge in [-0.05, 0) is 18.9 Å². The minimum absolute atomic E-state index is 0.234. The van der Waals surface area contributed by atoms with Gasteiger partial charge in [-0.2, -0.15) is 5.10 Å². The molecule has 3 heterocycles. The average molecular weight is 312 g/mol. The third-order valence-corrected chi connectivity index (χ3v) is 4.98. The molecule has 2 aromatic rings. The van der Waals surface area contributed by atoms with Gasteiger partial charge in [-0.15, -0.1) is 0 Å². The molecule has 0 radical (unpaired) electrons. The molecule has 2 aliphatic heterocycles. The highest BCUT2D eigenvalue weighted by Gasteiger charge is 2.34. The van der Waals surface area contributed by atoms with Crippen molar-refractivity contribution in [2.45, 2.75) is 38.6 Å². The molecule has 1 unspecified atom stereocenters. The minimum Gasteiger partial charge on any atom is -0.473 e. The summed E-state index contributed by atoms with van der Waals surface area (Å²) in [5.41, 5.74) is 3.65. The first kappa shape index (κ1) is 14.7. The van der Waals surface area contributed by atoms with Crippen LogP contribution in [0.4, 0.5) is 0 Å². The van der Waals surface area contributed by atoms with Crippen LogP contribution in [0, 0.1) is 6.92 Å². The highest BCUT2D eigenvalue weighted by molar-refractivity contribution is 5.32. The van der Waals surface area contributed by atoms with E-state index in [1.165, 1.54) is 11.1 Å². The van der Waals surface area contributed by atoms with E-state index in [4.69, 9.17) is 4.74 Å². The Morgan fingerprint density at radius 3 is 2.96 bits per heavy atom. The van der Waals surface area contributed by atoms with Crippen LogP contribution >= 0.6 is 0 Å². The predicted octanol–water partition coefficient (Wildman–Crippen LogP) is 1.85. The van der Waals surface area contributed by atoms with Crippen molar-refractivity contribution < 1.29 is 4.74 Å². The fourth-order valence-corrected chi connectivity index (χ4v) is 3.73. The lowest BCUT2D eigenvalue weighted by atomic mass is 10.0. The molecule has 122 valence electrons. The first-order chi connectivity index (χ1) is 11.2. The topological polar surface area (TPSA) is 42.3 Å². The average Bonchev–Trinajstić information content (AvgIpc) is 2.73. The van der Waals surface area contributed by atoms with E-state index in [1.807, 2.05) is 11.7 Å². The number of rotatable bonds is 2. The highest BCUT2D eigenvalue weighted by Crippen LogP contribution is 2.28. The van der Waals surface area contributed by atoms with Crippen LogP contribution in [0.3, 0.4) is 0 Å². The van der Waals surface area contributed by atoms with E-state index in [-0.39, 0.29) is 6.10 Å². The standard InChI is InChI=1S/C18H24N4O/c1-13-15-10-19-16-12-22(11-14-6-4-3-5-7-14)9-8-17(16)23-18(15)21(2)20-13/h3-7,16-17,19H,8-12H2,1-2H3/t16?,17-/m1/s1. The number of piperidine rings is 1. The van der Waals surface area contributed by atoms with Gasteiger partial charge >= 0.3 is 0 Å². The minimum atomic E-state index is 0.234. The van der Waals surface area contributed by atoms with Crippen LogP contribution in [-0.2, 0) is 20.1 Å². The van der Waals surface area contributed by atoms with E-state index in [1.54, 1.807) is 0 Å². The normalized spacial score (nSPS) is 24.4. The van der Waals surface area contributed by atoms with E-state index in [9.17, 15) is 0 Å². The van der Waals surface area contributed by atoms with Crippen LogP contribution in [0.2, 0.25) is 0 Å². The second kappa shape index (κ2) is 5.98. The quantitative estimate of drug-likeness (QED) is 0.919. The Hall–Kier alpha value is -1.85. The molecule has 0 bridgehead atoms. The molecule has 4 rings (SSSR count). The predicted molar refractivity (Wildman–Crippen MR) is 89.3 cm³/mol. The van der Waals surface area contributed by atoms with Gasteiger partial charge in [0.2, 0.25) is 5.88 Å². The summed E-state index contributed by atoms with van der Waals surface area (Å²) >= 11 is 0. The number of fused-ring (bicyclic) bond motifs is 2. The number of aromatic nitrogens is 2. The van der Waals surface area contributed by atoms with Gasteiger partial charge in [0, 0.05) is 33.2 Å². The summed E-state index contributed by atoms with van der Waals surface area (Å²) in [6.07, 6.45) is 1.28. The Labute approximate surface area is 137 Å². The molecule has 0 saturated carbocycles. The molecule has 5 nitrogen and oxygen atoms in total. The Morgan fingerprint density at radius 1 is 1.30 bits per heavy atom. The first-order valence-electron chi connectivity index (χ1n) is 8.39. The molecule has 1 fully saturated rings. The van der Waals surface area contributed by atoms with Crippen LogP contribution < -0.4 is 10.1 Å². The van der Waals surface area contributed by atoms with Gasteiger partial charge in [0.15, 0.2) is 0 Å². The summed E-state index contributed by atoms with van der Waals surface area (Å²) in [6.45, 7) is 6.01. The summed E-state index contributed by atoms with van der Waals surface area (Å²) in [5, 5.41) is 8.17. The number of nitrogens with zero attached hydrogens (tertiary/aromatic N) is 3. The molecule has 2 aliphatic rings. The van der Waals surface area contributed by atoms with Gasteiger partial charge in [-0.3, -0.25) is 4.90 Å². The van der Waals surface area contributed by atoms with Crippen molar-refractivity contribution in [1.29, 1.82) is 0 Å². The lowest BCUT2D eigenvalue weighted by Crippen LogP contribution is -2.54. The Bertz CT molecular complexity index is 682. The molecule has 23 heavy (non-hydrogen) atoms. The Balaban J connectivity index is 1.46. The molecule has 0 aliphatic carbocycles. The van der Waals surface area contributed by atoms with E-state index >= 15 is 0 Å².